The molecule has 0 bridgehead atoms. The van der Waals surface area contributed by atoms with E-state index in [-0.39, 0.29) is 11.9 Å². The molecule has 4 heteroatoms. The summed E-state index contributed by atoms with van der Waals surface area (Å²) in [4.78, 5) is 11.5. The molecule has 0 saturated heterocycles. The second-order valence-corrected chi connectivity index (χ2v) is 6.67. The molecule has 3 nitrogen and oxygen atoms in total. The Hall–Kier alpha value is -1.22. The van der Waals surface area contributed by atoms with E-state index in [1.807, 2.05) is 19.1 Å². The first-order chi connectivity index (χ1) is 10.5. The summed E-state index contributed by atoms with van der Waals surface area (Å²) in [6, 6.07) is 3.99. The molecule has 122 valence electrons. The van der Waals surface area contributed by atoms with E-state index in [1.54, 1.807) is 0 Å². The van der Waals surface area contributed by atoms with E-state index in [4.69, 9.17) is 21.1 Å². The normalized spacial score (nSPS) is 20.1. The molecule has 1 fully saturated rings. The van der Waals surface area contributed by atoms with Crippen molar-refractivity contribution < 1.29 is 14.3 Å². The second kappa shape index (κ2) is 7.36. The molecule has 0 radical (unpaired) electrons. The summed E-state index contributed by atoms with van der Waals surface area (Å²) in [5.74, 6) is 1.77. The number of ether oxygens (including phenoxy) is 2. The minimum Gasteiger partial charge on any atom is -0.493 e. The molecule has 1 aromatic carbocycles. The third-order valence-electron chi connectivity index (χ3n) is 4.28. The Morgan fingerprint density at radius 3 is 2.73 bits per heavy atom. The highest BCUT2D eigenvalue weighted by Gasteiger charge is 2.43. The molecule has 0 heterocycles. The molecule has 0 N–H and O–H groups in total. The van der Waals surface area contributed by atoms with Crippen LogP contribution in [0, 0.1) is 11.8 Å². The molecule has 0 aliphatic heterocycles. The number of carbonyl (C=O) groups excluding carboxylic acids is 1. The van der Waals surface area contributed by atoms with E-state index < -0.39 is 0 Å². The zero-order valence-electron chi connectivity index (χ0n) is 13.8. The lowest BCUT2D eigenvalue weighted by Gasteiger charge is -2.18. The van der Waals surface area contributed by atoms with Gasteiger partial charge in [0.05, 0.1) is 19.6 Å². The minimum absolute atomic E-state index is 0.0796. The molecule has 0 spiro atoms. The van der Waals surface area contributed by atoms with Gasteiger partial charge in [0, 0.05) is 5.02 Å². The van der Waals surface area contributed by atoms with Crippen molar-refractivity contribution in [3.05, 3.63) is 28.3 Å². The third-order valence-corrected chi connectivity index (χ3v) is 4.50. The summed E-state index contributed by atoms with van der Waals surface area (Å²) in [6.07, 6.45) is 2.79. The fourth-order valence-corrected chi connectivity index (χ4v) is 3.20. The van der Waals surface area contributed by atoms with Crippen molar-refractivity contribution in [3.63, 3.8) is 0 Å². The number of rotatable bonds is 7. The molecule has 2 atom stereocenters. The number of hydrogen-bond donors (Lipinski definition) is 0. The van der Waals surface area contributed by atoms with Gasteiger partial charge in [0.15, 0.2) is 0 Å². The average molecular weight is 325 g/mol. The first-order valence-corrected chi connectivity index (χ1v) is 8.38. The van der Waals surface area contributed by atoms with Gasteiger partial charge in [-0.25, -0.2) is 0 Å². The molecule has 2 rings (SSSR count). The molecule has 1 saturated carbocycles. The Balaban J connectivity index is 2.11. The summed E-state index contributed by atoms with van der Waals surface area (Å²) in [5, 5.41) is 0.752. The van der Waals surface area contributed by atoms with E-state index in [1.165, 1.54) is 7.11 Å². The van der Waals surface area contributed by atoms with Crippen LogP contribution in [0.15, 0.2) is 12.1 Å². The van der Waals surface area contributed by atoms with Crippen LogP contribution in [0.4, 0.5) is 0 Å². The highest BCUT2D eigenvalue weighted by molar-refractivity contribution is 6.30. The van der Waals surface area contributed by atoms with Crippen LogP contribution in [0.1, 0.15) is 50.7 Å². The summed E-state index contributed by atoms with van der Waals surface area (Å²) >= 11 is 6.27. The number of esters is 1. The monoisotopic (exact) mass is 324 g/mol. The fourth-order valence-electron chi connectivity index (χ4n) is 2.96. The van der Waals surface area contributed by atoms with E-state index in [9.17, 15) is 4.79 Å². The Bertz CT molecular complexity index is 539. The van der Waals surface area contributed by atoms with Gasteiger partial charge in [-0.05, 0) is 61.3 Å². The van der Waals surface area contributed by atoms with Crippen LogP contribution in [-0.4, -0.2) is 19.7 Å². The van der Waals surface area contributed by atoms with Crippen LogP contribution in [0.3, 0.4) is 0 Å². The maximum atomic E-state index is 11.5. The first kappa shape index (κ1) is 17.1. The molecule has 0 amide bonds. The summed E-state index contributed by atoms with van der Waals surface area (Å²) in [5.41, 5.74) is 2.30. The Labute approximate surface area is 137 Å². The molecular formula is C18H25ClO3. The smallest absolute Gasteiger partial charge is 0.308 e. The van der Waals surface area contributed by atoms with Crippen molar-refractivity contribution >= 4 is 17.6 Å². The quantitative estimate of drug-likeness (QED) is 0.687. The number of carbonyl (C=O) groups is 1. The van der Waals surface area contributed by atoms with E-state index >= 15 is 0 Å². The number of halogens is 1. The molecule has 0 aromatic heterocycles. The molecule has 1 aliphatic carbocycles. The van der Waals surface area contributed by atoms with Crippen LogP contribution in [0.25, 0.3) is 0 Å². The maximum absolute atomic E-state index is 11.5. The summed E-state index contributed by atoms with van der Waals surface area (Å²) in [6.45, 7) is 6.93. The highest BCUT2D eigenvalue weighted by atomic mass is 35.5. The summed E-state index contributed by atoms with van der Waals surface area (Å²) < 4.78 is 10.7. The molecule has 1 aromatic rings. The molecule has 2 unspecified atom stereocenters. The van der Waals surface area contributed by atoms with Crippen LogP contribution in [0.5, 0.6) is 5.75 Å². The van der Waals surface area contributed by atoms with E-state index in [0.717, 1.165) is 41.2 Å². The fraction of sp³-hybridized carbons (Fsp3) is 0.611. The van der Waals surface area contributed by atoms with Gasteiger partial charge in [0.1, 0.15) is 5.75 Å². The number of aryl methyl sites for hydroxylation is 1. The standard InChI is InChI=1S/C18H25ClO3/c1-5-22-17-13(8-14(19)10-15(17)11(2)3)7-6-12-9-16(12)18(20)21-4/h8,10-12,16H,5-7,9H2,1-4H3. The van der Waals surface area contributed by atoms with Gasteiger partial charge in [0.25, 0.3) is 0 Å². The average Bonchev–Trinajstić information content (AvgIpc) is 3.25. The van der Waals surface area contributed by atoms with Crippen molar-refractivity contribution in [3.8, 4) is 5.75 Å². The summed E-state index contributed by atoms with van der Waals surface area (Å²) in [7, 11) is 1.46. The van der Waals surface area contributed by atoms with Crippen molar-refractivity contribution in [2.45, 2.75) is 46.0 Å². The molecular weight excluding hydrogens is 300 g/mol. The van der Waals surface area contributed by atoms with Crippen LogP contribution >= 0.6 is 11.6 Å². The lowest BCUT2D eigenvalue weighted by Crippen LogP contribution is -2.06. The Kier molecular flexibility index (Phi) is 5.74. The van der Waals surface area contributed by atoms with Crippen LogP contribution in [0.2, 0.25) is 5.02 Å². The zero-order chi connectivity index (χ0) is 16.3. The Morgan fingerprint density at radius 2 is 2.14 bits per heavy atom. The largest absolute Gasteiger partial charge is 0.493 e. The van der Waals surface area contributed by atoms with Crippen LogP contribution in [-0.2, 0) is 16.0 Å². The first-order valence-electron chi connectivity index (χ1n) is 8.00. The van der Waals surface area contributed by atoms with Gasteiger partial charge in [-0.1, -0.05) is 25.4 Å². The Morgan fingerprint density at radius 1 is 1.41 bits per heavy atom. The van der Waals surface area contributed by atoms with Gasteiger partial charge in [-0.3, -0.25) is 4.79 Å². The predicted molar refractivity (Wildman–Crippen MR) is 88.6 cm³/mol. The maximum Gasteiger partial charge on any atom is 0.308 e. The lowest BCUT2D eigenvalue weighted by atomic mass is 9.96. The zero-order valence-corrected chi connectivity index (χ0v) is 14.6. The molecule has 1 aliphatic rings. The number of methoxy groups -OCH3 is 1. The third kappa shape index (κ3) is 3.95. The van der Waals surface area contributed by atoms with Gasteiger partial charge in [0.2, 0.25) is 0 Å². The van der Waals surface area contributed by atoms with Crippen molar-refractivity contribution in [1.29, 1.82) is 0 Å². The number of benzene rings is 1. The molecule has 22 heavy (non-hydrogen) atoms. The van der Waals surface area contributed by atoms with E-state index in [2.05, 4.69) is 13.8 Å². The van der Waals surface area contributed by atoms with Gasteiger partial charge in [-0.15, -0.1) is 0 Å². The number of hydrogen-bond acceptors (Lipinski definition) is 3. The van der Waals surface area contributed by atoms with Crippen molar-refractivity contribution in [2.24, 2.45) is 11.8 Å². The van der Waals surface area contributed by atoms with Gasteiger partial charge in [-0.2, -0.15) is 0 Å². The topological polar surface area (TPSA) is 35.5 Å². The predicted octanol–water partition coefficient (Wildman–Crippen LogP) is 4.60. The SMILES string of the molecule is CCOc1c(CCC2CC2C(=O)OC)cc(Cl)cc1C(C)C. The highest BCUT2D eigenvalue weighted by Crippen LogP contribution is 2.44. The van der Waals surface area contributed by atoms with Crippen molar-refractivity contribution in [1.82, 2.24) is 0 Å². The van der Waals surface area contributed by atoms with Crippen LogP contribution < -0.4 is 4.74 Å². The second-order valence-electron chi connectivity index (χ2n) is 6.24. The lowest BCUT2D eigenvalue weighted by molar-refractivity contribution is -0.142. The van der Waals surface area contributed by atoms with Crippen molar-refractivity contribution in [2.75, 3.05) is 13.7 Å². The van der Waals surface area contributed by atoms with E-state index in [0.29, 0.717) is 18.4 Å². The van der Waals surface area contributed by atoms with Gasteiger partial charge < -0.3 is 9.47 Å². The minimum atomic E-state index is -0.0796. The van der Waals surface area contributed by atoms with Gasteiger partial charge >= 0.3 is 5.97 Å².